The highest BCUT2D eigenvalue weighted by atomic mass is 35.5. The molecule has 0 bridgehead atoms. The van der Waals surface area contributed by atoms with E-state index in [-0.39, 0.29) is 17.6 Å². The van der Waals surface area contributed by atoms with E-state index < -0.39 is 0 Å². The van der Waals surface area contributed by atoms with Crippen LogP contribution in [0.3, 0.4) is 0 Å². The van der Waals surface area contributed by atoms with Crippen molar-refractivity contribution < 1.29 is 13.9 Å². The zero-order valence-electron chi connectivity index (χ0n) is 15.1. The number of nitrogens with zero attached hydrogens (tertiary/aromatic N) is 2. The fraction of sp³-hybridized carbons (Fsp3) is 0.632. The second-order valence-corrected chi connectivity index (χ2v) is 7.43. The molecule has 1 aromatic rings. The fourth-order valence-corrected chi connectivity index (χ4v) is 3.85. The SMILES string of the molecule is O=C(NCCN1CCOCC1)C1CCCN(Cc2c(F)cccc2Cl)C1. The second-order valence-electron chi connectivity index (χ2n) is 7.02. The summed E-state index contributed by atoms with van der Waals surface area (Å²) in [6.45, 7) is 6.87. The van der Waals surface area contributed by atoms with Crippen LogP contribution in [-0.2, 0) is 16.1 Å². The molecular weight excluding hydrogens is 357 g/mol. The highest BCUT2D eigenvalue weighted by molar-refractivity contribution is 6.31. The third kappa shape index (κ3) is 5.39. The van der Waals surface area contributed by atoms with Gasteiger partial charge in [-0.2, -0.15) is 0 Å². The molecule has 2 heterocycles. The van der Waals surface area contributed by atoms with E-state index in [1.165, 1.54) is 6.07 Å². The minimum Gasteiger partial charge on any atom is -0.379 e. The van der Waals surface area contributed by atoms with Crippen LogP contribution in [0.5, 0.6) is 0 Å². The maximum Gasteiger partial charge on any atom is 0.224 e. The van der Waals surface area contributed by atoms with Crippen LogP contribution < -0.4 is 5.32 Å². The Labute approximate surface area is 159 Å². The normalized spacial score (nSPS) is 22.3. The van der Waals surface area contributed by atoms with Gasteiger partial charge in [0, 0.05) is 49.9 Å². The molecule has 2 aliphatic heterocycles. The number of ether oxygens (including phenoxy) is 1. The van der Waals surface area contributed by atoms with Gasteiger partial charge >= 0.3 is 0 Å². The molecule has 0 radical (unpaired) electrons. The molecule has 0 saturated carbocycles. The number of carbonyl (C=O) groups is 1. The van der Waals surface area contributed by atoms with Crippen LogP contribution in [0.15, 0.2) is 18.2 Å². The number of benzene rings is 1. The van der Waals surface area contributed by atoms with Crippen molar-refractivity contribution in [3.8, 4) is 0 Å². The monoisotopic (exact) mass is 383 g/mol. The fourth-order valence-electron chi connectivity index (χ4n) is 3.63. The van der Waals surface area contributed by atoms with Gasteiger partial charge in [0.2, 0.25) is 5.91 Å². The molecule has 2 fully saturated rings. The number of hydrogen-bond donors (Lipinski definition) is 1. The zero-order valence-corrected chi connectivity index (χ0v) is 15.8. The van der Waals surface area contributed by atoms with Crippen LogP contribution in [0.1, 0.15) is 18.4 Å². The van der Waals surface area contributed by atoms with Gasteiger partial charge in [-0.25, -0.2) is 4.39 Å². The quantitative estimate of drug-likeness (QED) is 0.817. The molecule has 1 N–H and O–H groups in total. The van der Waals surface area contributed by atoms with Crippen molar-refractivity contribution in [2.24, 2.45) is 5.92 Å². The van der Waals surface area contributed by atoms with Gasteiger partial charge in [0.1, 0.15) is 5.82 Å². The first-order valence-corrected chi connectivity index (χ1v) is 9.74. The van der Waals surface area contributed by atoms with E-state index in [1.54, 1.807) is 12.1 Å². The standard InChI is InChI=1S/C19H27ClFN3O2/c20-17-4-1-5-18(21)16(17)14-24-7-2-3-15(13-24)19(25)22-6-8-23-9-11-26-12-10-23/h1,4-5,15H,2-3,6-14H2,(H,22,25). The zero-order chi connectivity index (χ0) is 18.4. The van der Waals surface area contributed by atoms with E-state index in [1.807, 2.05) is 0 Å². The highest BCUT2D eigenvalue weighted by Crippen LogP contribution is 2.24. The van der Waals surface area contributed by atoms with Crippen molar-refractivity contribution in [2.45, 2.75) is 19.4 Å². The Hall–Kier alpha value is -1.21. The van der Waals surface area contributed by atoms with E-state index in [9.17, 15) is 9.18 Å². The van der Waals surface area contributed by atoms with Crippen LogP contribution >= 0.6 is 11.6 Å². The molecule has 1 amide bonds. The Kier molecular flexibility index (Phi) is 7.25. The van der Waals surface area contributed by atoms with Gasteiger partial charge < -0.3 is 10.1 Å². The van der Waals surface area contributed by atoms with E-state index in [2.05, 4.69) is 15.1 Å². The molecule has 0 spiro atoms. The molecule has 7 heteroatoms. The largest absolute Gasteiger partial charge is 0.379 e. The number of likely N-dealkylation sites (tertiary alicyclic amines) is 1. The Balaban J connectivity index is 1.45. The number of hydrogen-bond acceptors (Lipinski definition) is 4. The van der Waals surface area contributed by atoms with Gasteiger partial charge in [0.05, 0.1) is 19.1 Å². The average molecular weight is 384 g/mol. The van der Waals surface area contributed by atoms with E-state index in [0.29, 0.717) is 30.2 Å². The molecule has 2 aliphatic rings. The molecule has 5 nitrogen and oxygen atoms in total. The number of piperidine rings is 1. The number of nitrogens with one attached hydrogen (secondary N) is 1. The summed E-state index contributed by atoms with van der Waals surface area (Å²) in [4.78, 5) is 16.9. The van der Waals surface area contributed by atoms with Crippen LogP contribution in [-0.4, -0.2) is 68.2 Å². The van der Waals surface area contributed by atoms with Crippen molar-refractivity contribution in [3.05, 3.63) is 34.6 Å². The molecule has 0 aliphatic carbocycles. The summed E-state index contributed by atoms with van der Waals surface area (Å²) in [6.07, 6.45) is 1.82. The first-order chi connectivity index (χ1) is 12.6. The predicted octanol–water partition coefficient (Wildman–Crippen LogP) is 2.14. The lowest BCUT2D eigenvalue weighted by Gasteiger charge is -2.32. The minimum absolute atomic E-state index is 0.0426. The van der Waals surface area contributed by atoms with Crippen molar-refractivity contribution in [1.82, 2.24) is 15.1 Å². The Bertz CT molecular complexity index is 590. The van der Waals surface area contributed by atoms with Crippen molar-refractivity contribution >= 4 is 17.5 Å². The summed E-state index contributed by atoms with van der Waals surface area (Å²) in [7, 11) is 0. The van der Waals surface area contributed by atoms with E-state index in [4.69, 9.17) is 16.3 Å². The van der Waals surface area contributed by atoms with Crippen LogP contribution in [0, 0.1) is 11.7 Å². The Morgan fingerprint density at radius 2 is 2.08 bits per heavy atom. The number of amides is 1. The number of carbonyl (C=O) groups excluding carboxylic acids is 1. The molecule has 144 valence electrons. The lowest BCUT2D eigenvalue weighted by molar-refractivity contribution is -0.126. The summed E-state index contributed by atoms with van der Waals surface area (Å²) in [5.74, 6) is -0.226. The lowest BCUT2D eigenvalue weighted by atomic mass is 9.96. The topological polar surface area (TPSA) is 44.8 Å². The first kappa shape index (κ1) is 19.5. The number of halogens is 2. The lowest BCUT2D eigenvalue weighted by Crippen LogP contribution is -2.45. The third-order valence-corrected chi connectivity index (χ3v) is 5.50. The van der Waals surface area contributed by atoms with Crippen molar-refractivity contribution in [2.75, 3.05) is 52.5 Å². The molecule has 1 unspecified atom stereocenters. The predicted molar refractivity (Wildman–Crippen MR) is 99.7 cm³/mol. The third-order valence-electron chi connectivity index (χ3n) is 5.15. The van der Waals surface area contributed by atoms with Gasteiger partial charge in [-0.1, -0.05) is 17.7 Å². The summed E-state index contributed by atoms with van der Waals surface area (Å²) in [6, 6.07) is 4.75. The minimum atomic E-state index is -0.283. The van der Waals surface area contributed by atoms with Gasteiger partial charge in [-0.15, -0.1) is 0 Å². The highest BCUT2D eigenvalue weighted by Gasteiger charge is 2.26. The molecular formula is C19H27ClFN3O2. The van der Waals surface area contributed by atoms with Gasteiger partial charge in [0.25, 0.3) is 0 Å². The molecule has 1 aromatic carbocycles. The van der Waals surface area contributed by atoms with Crippen molar-refractivity contribution in [3.63, 3.8) is 0 Å². The van der Waals surface area contributed by atoms with E-state index in [0.717, 1.165) is 52.2 Å². The van der Waals surface area contributed by atoms with Gasteiger partial charge in [-0.05, 0) is 31.5 Å². The number of morpholine rings is 1. The Morgan fingerprint density at radius 3 is 2.85 bits per heavy atom. The summed E-state index contributed by atoms with van der Waals surface area (Å²) >= 11 is 6.13. The summed E-state index contributed by atoms with van der Waals surface area (Å²) < 4.78 is 19.3. The summed E-state index contributed by atoms with van der Waals surface area (Å²) in [5, 5.41) is 3.51. The average Bonchev–Trinajstić information content (AvgIpc) is 2.66. The molecule has 0 aromatic heterocycles. The van der Waals surface area contributed by atoms with Crippen LogP contribution in [0.25, 0.3) is 0 Å². The smallest absolute Gasteiger partial charge is 0.224 e. The van der Waals surface area contributed by atoms with Crippen LogP contribution in [0.4, 0.5) is 4.39 Å². The van der Waals surface area contributed by atoms with Gasteiger partial charge in [0.15, 0.2) is 0 Å². The first-order valence-electron chi connectivity index (χ1n) is 9.36. The molecule has 3 rings (SSSR count). The molecule has 2 saturated heterocycles. The van der Waals surface area contributed by atoms with Crippen LogP contribution in [0.2, 0.25) is 5.02 Å². The maximum absolute atomic E-state index is 14.0. The maximum atomic E-state index is 14.0. The molecule has 1 atom stereocenters. The second kappa shape index (κ2) is 9.65. The summed E-state index contributed by atoms with van der Waals surface area (Å²) in [5.41, 5.74) is 0.516. The number of rotatable bonds is 6. The van der Waals surface area contributed by atoms with Crippen molar-refractivity contribution in [1.29, 1.82) is 0 Å². The van der Waals surface area contributed by atoms with E-state index >= 15 is 0 Å². The van der Waals surface area contributed by atoms with Gasteiger partial charge in [-0.3, -0.25) is 14.6 Å². The Morgan fingerprint density at radius 1 is 1.27 bits per heavy atom. The molecule has 26 heavy (non-hydrogen) atoms.